The molecule has 0 radical (unpaired) electrons. The molecule has 3 aliphatic heterocycles. The van der Waals surface area contributed by atoms with E-state index < -0.39 is 5.54 Å². The van der Waals surface area contributed by atoms with E-state index in [-0.39, 0.29) is 23.8 Å². The van der Waals surface area contributed by atoms with Crippen molar-refractivity contribution in [2.45, 2.75) is 44.3 Å². The zero-order chi connectivity index (χ0) is 21.6. The Balaban J connectivity index is 1.43. The Kier molecular flexibility index (Phi) is 4.97. The van der Waals surface area contributed by atoms with Crippen molar-refractivity contribution in [2.75, 3.05) is 25.1 Å². The highest BCUT2D eigenvalue weighted by molar-refractivity contribution is 6.10. The molecule has 1 N–H and O–H groups in total. The van der Waals surface area contributed by atoms with Crippen molar-refractivity contribution in [3.8, 4) is 5.75 Å². The fraction of sp³-hybridized carbons (Fsp3) is 0.440. The number of fused-ring (bicyclic) bond motifs is 4. The molecule has 2 saturated heterocycles. The first kappa shape index (κ1) is 20.1. The number of hydrogen-bond acceptors (Lipinski definition) is 4. The van der Waals surface area contributed by atoms with Crippen LogP contribution in [0.5, 0.6) is 5.75 Å². The van der Waals surface area contributed by atoms with Crippen LogP contribution in [0.4, 0.5) is 5.69 Å². The molecule has 0 saturated carbocycles. The highest BCUT2D eigenvalue weighted by atomic mass is 16.5. The third-order valence-corrected chi connectivity index (χ3v) is 7.17. The number of carbonyl (C=O) groups excluding carboxylic acids is 2. The van der Waals surface area contributed by atoms with E-state index in [9.17, 15) is 9.59 Å². The van der Waals surface area contributed by atoms with Gasteiger partial charge in [0.2, 0.25) is 5.91 Å². The fourth-order valence-corrected chi connectivity index (χ4v) is 5.85. The molecule has 3 aliphatic rings. The van der Waals surface area contributed by atoms with Crippen LogP contribution in [0, 0.1) is 5.92 Å². The molecule has 2 aromatic rings. The van der Waals surface area contributed by atoms with Gasteiger partial charge in [-0.1, -0.05) is 30.3 Å². The van der Waals surface area contributed by atoms with Gasteiger partial charge in [-0.2, -0.15) is 0 Å². The zero-order valence-electron chi connectivity index (χ0n) is 18.1. The highest BCUT2D eigenvalue weighted by Crippen LogP contribution is 2.56. The van der Waals surface area contributed by atoms with Gasteiger partial charge in [-0.15, -0.1) is 0 Å². The predicted octanol–water partition coefficient (Wildman–Crippen LogP) is 3.06. The predicted molar refractivity (Wildman–Crippen MR) is 119 cm³/mol. The Morgan fingerprint density at radius 2 is 1.97 bits per heavy atom. The molecule has 0 aliphatic carbocycles. The van der Waals surface area contributed by atoms with Crippen LogP contribution in [0.15, 0.2) is 48.5 Å². The normalized spacial score (nSPS) is 26.9. The van der Waals surface area contributed by atoms with Gasteiger partial charge in [-0.3, -0.25) is 14.5 Å². The summed E-state index contributed by atoms with van der Waals surface area (Å²) in [5, 5.41) is 3.12. The topological polar surface area (TPSA) is 61.9 Å². The number of nitrogens with one attached hydrogen (secondary N) is 1. The van der Waals surface area contributed by atoms with E-state index in [2.05, 4.69) is 10.2 Å². The fourth-order valence-electron chi connectivity index (χ4n) is 5.85. The van der Waals surface area contributed by atoms with Gasteiger partial charge in [-0.05, 0) is 56.5 Å². The Morgan fingerprint density at radius 1 is 1.19 bits per heavy atom. The summed E-state index contributed by atoms with van der Waals surface area (Å²) in [6.45, 7) is 3.88. The molecule has 0 aromatic heterocycles. The number of anilines is 1. The Bertz CT molecular complexity index is 1010. The molecule has 2 fully saturated rings. The minimum absolute atomic E-state index is 0.0271. The summed E-state index contributed by atoms with van der Waals surface area (Å²) < 4.78 is 5.49. The summed E-state index contributed by atoms with van der Waals surface area (Å²) in [7, 11) is 1.83. The second-order valence-corrected chi connectivity index (χ2v) is 8.72. The lowest BCUT2D eigenvalue weighted by molar-refractivity contribution is -0.138. The Labute approximate surface area is 183 Å². The number of para-hydroxylation sites is 1. The molecule has 2 aromatic carbocycles. The molecule has 1 spiro atoms. The number of nitrogens with zero attached hydrogens (tertiary/aromatic N) is 2. The van der Waals surface area contributed by atoms with Crippen molar-refractivity contribution in [3.63, 3.8) is 0 Å². The number of ether oxygens (including phenoxy) is 1. The van der Waals surface area contributed by atoms with Gasteiger partial charge in [0.25, 0.3) is 5.91 Å². The minimum atomic E-state index is -0.880. The third-order valence-electron chi connectivity index (χ3n) is 7.17. The zero-order valence-corrected chi connectivity index (χ0v) is 18.1. The van der Waals surface area contributed by atoms with Crippen molar-refractivity contribution < 1.29 is 14.3 Å². The average molecular weight is 420 g/mol. The maximum atomic E-state index is 13.7. The van der Waals surface area contributed by atoms with Crippen molar-refractivity contribution in [2.24, 2.45) is 5.92 Å². The largest absolute Gasteiger partial charge is 0.494 e. The molecule has 6 heteroatoms. The molecule has 3 atom stereocenters. The lowest BCUT2D eigenvalue weighted by Crippen LogP contribution is -2.55. The van der Waals surface area contributed by atoms with Crippen LogP contribution < -0.4 is 15.0 Å². The van der Waals surface area contributed by atoms with Crippen LogP contribution in [0.2, 0.25) is 0 Å². The highest BCUT2D eigenvalue weighted by Gasteiger charge is 2.66. The number of rotatable bonds is 5. The van der Waals surface area contributed by atoms with Crippen molar-refractivity contribution in [3.05, 3.63) is 59.7 Å². The standard InChI is InChI=1S/C25H29N3O3/c1-3-31-19-12-10-17(11-13-19)16-26-23(29)21-15-18-7-6-14-28(18)25(21)20-8-4-5-9-22(20)27(2)24(25)30/h4-5,8-13,18,21H,3,6-7,14-16H2,1-2H3,(H,26,29). The Hall–Kier alpha value is -2.86. The number of carbonyl (C=O) groups is 2. The molecule has 6 nitrogen and oxygen atoms in total. The summed E-state index contributed by atoms with van der Waals surface area (Å²) in [6.07, 6.45) is 2.85. The maximum Gasteiger partial charge on any atom is 0.252 e. The average Bonchev–Trinajstić information content (AvgIpc) is 3.43. The number of amides is 2. The first-order chi connectivity index (χ1) is 15.1. The van der Waals surface area contributed by atoms with E-state index in [1.807, 2.05) is 62.5 Å². The van der Waals surface area contributed by atoms with Crippen molar-refractivity contribution in [1.82, 2.24) is 10.2 Å². The van der Waals surface area contributed by atoms with Gasteiger partial charge in [-0.25, -0.2) is 0 Å². The minimum Gasteiger partial charge on any atom is -0.494 e. The molecule has 3 heterocycles. The van der Waals surface area contributed by atoms with Gasteiger partial charge in [0.15, 0.2) is 0 Å². The monoisotopic (exact) mass is 419 g/mol. The van der Waals surface area contributed by atoms with Gasteiger partial charge >= 0.3 is 0 Å². The van der Waals surface area contributed by atoms with E-state index >= 15 is 0 Å². The van der Waals surface area contributed by atoms with Crippen molar-refractivity contribution >= 4 is 17.5 Å². The SMILES string of the molecule is CCOc1ccc(CNC(=O)C2CC3CCCN3C23C(=O)N(C)c2ccccc23)cc1. The van der Waals surface area contributed by atoms with Crippen LogP contribution in [0.25, 0.3) is 0 Å². The van der Waals surface area contributed by atoms with Crippen molar-refractivity contribution in [1.29, 1.82) is 0 Å². The first-order valence-corrected chi connectivity index (χ1v) is 11.2. The Morgan fingerprint density at radius 3 is 2.74 bits per heavy atom. The molecular formula is C25H29N3O3. The smallest absolute Gasteiger partial charge is 0.252 e. The number of hydrogen-bond donors (Lipinski definition) is 1. The van der Waals surface area contributed by atoms with E-state index in [0.29, 0.717) is 13.2 Å². The van der Waals surface area contributed by atoms with Gasteiger partial charge in [0.1, 0.15) is 11.3 Å². The molecule has 0 bridgehead atoms. The van der Waals surface area contributed by atoms with E-state index in [0.717, 1.165) is 48.4 Å². The van der Waals surface area contributed by atoms with E-state index in [1.165, 1.54) is 0 Å². The van der Waals surface area contributed by atoms with Crippen LogP contribution in [-0.4, -0.2) is 43.0 Å². The molecule has 2 amide bonds. The summed E-state index contributed by atoms with van der Waals surface area (Å²) in [5.74, 6) is 0.421. The molecule has 5 rings (SSSR count). The summed E-state index contributed by atoms with van der Waals surface area (Å²) >= 11 is 0. The van der Waals surface area contributed by atoms with Crippen LogP contribution in [0.3, 0.4) is 0 Å². The summed E-state index contributed by atoms with van der Waals surface area (Å²) in [6, 6.07) is 16.0. The van der Waals surface area contributed by atoms with Gasteiger partial charge in [0, 0.05) is 30.9 Å². The molecule has 3 unspecified atom stereocenters. The quantitative estimate of drug-likeness (QED) is 0.809. The third kappa shape index (κ3) is 2.96. The molecule has 162 valence electrons. The second-order valence-electron chi connectivity index (χ2n) is 8.72. The second kappa shape index (κ2) is 7.68. The van der Waals surface area contributed by atoms with Crippen LogP contribution >= 0.6 is 0 Å². The number of benzene rings is 2. The van der Waals surface area contributed by atoms with Crippen LogP contribution in [-0.2, 0) is 21.7 Å². The van der Waals surface area contributed by atoms with Crippen LogP contribution in [0.1, 0.15) is 37.3 Å². The lowest BCUT2D eigenvalue weighted by atomic mass is 9.78. The lowest BCUT2D eigenvalue weighted by Gasteiger charge is -2.37. The summed E-state index contributed by atoms with van der Waals surface area (Å²) in [4.78, 5) is 31.3. The van der Waals surface area contributed by atoms with E-state index in [4.69, 9.17) is 4.74 Å². The molecular weight excluding hydrogens is 390 g/mol. The van der Waals surface area contributed by atoms with Gasteiger partial charge < -0.3 is 15.0 Å². The van der Waals surface area contributed by atoms with E-state index in [1.54, 1.807) is 4.90 Å². The number of likely N-dealkylation sites (N-methyl/N-ethyl adjacent to an activating group) is 1. The first-order valence-electron chi connectivity index (χ1n) is 11.2. The van der Waals surface area contributed by atoms with Gasteiger partial charge in [0.05, 0.1) is 12.5 Å². The molecule has 31 heavy (non-hydrogen) atoms. The maximum absolute atomic E-state index is 13.7. The summed E-state index contributed by atoms with van der Waals surface area (Å²) in [5.41, 5.74) is 2.03.